The summed E-state index contributed by atoms with van der Waals surface area (Å²) >= 11 is 0. The van der Waals surface area contributed by atoms with Crippen LogP contribution in [0.5, 0.6) is 0 Å². The fourth-order valence-corrected chi connectivity index (χ4v) is 3.41. The lowest BCUT2D eigenvalue weighted by atomic mass is 10.1. The number of nitrogen functional groups attached to an aromatic ring is 1. The summed E-state index contributed by atoms with van der Waals surface area (Å²) in [7, 11) is 0. The first-order chi connectivity index (χ1) is 11.5. The highest BCUT2D eigenvalue weighted by Gasteiger charge is 2.22. The molecule has 24 heavy (non-hydrogen) atoms. The molecule has 6 heteroatoms. The molecule has 3 heterocycles. The maximum atomic E-state index is 9.64. The molecule has 0 aliphatic heterocycles. The third kappa shape index (κ3) is 1.69. The number of nitrogens with zero attached hydrogens (tertiary/aromatic N) is 5. The van der Waals surface area contributed by atoms with Gasteiger partial charge in [0.2, 0.25) is 0 Å². The molecule has 0 fully saturated rings. The number of hydrogen-bond donors (Lipinski definition) is 1. The van der Waals surface area contributed by atoms with E-state index in [1.165, 1.54) is 6.33 Å². The Bertz CT molecular complexity index is 1140. The fourth-order valence-electron chi connectivity index (χ4n) is 3.41. The van der Waals surface area contributed by atoms with Gasteiger partial charge in [0.25, 0.3) is 0 Å². The zero-order chi connectivity index (χ0) is 17.0. The van der Waals surface area contributed by atoms with Crippen molar-refractivity contribution in [2.24, 2.45) is 0 Å². The molecule has 4 rings (SSSR count). The molecule has 0 radical (unpaired) electrons. The first kappa shape index (κ1) is 14.3. The molecule has 4 aromatic rings. The molecule has 0 spiro atoms. The normalized spacial score (nSPS) is 11.2. The second-order valence-corrected chi connectivity index (χ2v) is 5.99. The number of para-hydroxylation sites is 1. The predicted octanol–water partition coefficient (Wildman–Crippen LogP) is 3.05. The van der Waals surface area contributed by atoms with Crippen molar-refractivity contribution in [1.82, 2.24) is 19.2 Å². The van der Waals surface area contributed by atoms with Gasteiger partial charge in [-0.15, -0.1) is 0 Å². The van der Waals surface area contributed by atoms with Crippen LogP contribution in [-0.2, 0) is 0 Å². The number of nitriles is 1. The summed E-state index contributed by atoms with van der Waals surface area (Å²) in [6.07, 6.45) is 1.52. The third-order valence-electron chi connectivity index (χ3n) is 4.47. The molecular weight excluding hydrogens is 300 g/mol. The number of hydrogen-bond acceptors (Lipinski definition) is 4. The van der Waals surface area contributed by atoms with Crippen LogP contribution < -0.4 is 5.73 Å². The summed E-state index contributed by atoms with van der Waals surface area (Å²) in [6, 6.07) is 10.3. The van der Waals surface area contributed by atoms with Crippen LogP contribution in [0.25, 0.3) is 22.2 Å². The van der Waals surface area contributed by atoms with Gasteiger partial charge in [0, 0.05) is 11.1 Å². The molecule has 0 unspecified atom stereocenters. The Balaban J connectivity index is 2.31. The van der Waals surface area contributed by atoms with Crippen LogP contribution in [0.1, 0.15) is 22.4 Å². The van der Waals surface area contributed by atoms with Crippen molar-refractivity contribution in [2.45, 2.75) is 20.8 Å². The lowest BCUT2D eigenvalue weighted by Gasteiger charge is -2.14. The van der Waals surface area contributed by atoms with E-state index >= 15 is 0 Å². The smallest absolute Gasteiger partial charge is 0.180 e. The summed E-state index contributed by atoms with van der Waals surface area (Å²) in [6.45, 7) is 6.01. The van der Waals surface area contributed by atoms with E-state index < -0.39 is 0 Å². The van der Waals surface area contributed by atoms with E-state index in [-0.39, 0.29) is 0 Å². The van der Waals surface area contributed by atoms with E-state index in [0.717, 1.165) is 33.4 Å². The van der Waals surface area contributed by atoms with Crippen molar-refractivity contribution < 1.29 is 0 Å². The van der Waals surface area contributed by atoms with Crippen molar-refractivity contribution in [3.05, 3.63) is 53.0 Å². The van der Waals surface area contributed by atoms with Gasteiger partial charge in [-0.3, -0.25) is 4.57 Å². The van der Waals surface area contributed by atoms with Crippen molar-refractivity contribution in [3.63, 3.8) is 0 Å². The van der Waals surface area contributed by atoms with E-state index in [2.05, 4.69) is 16.2 Å². The third-order valence-corrected chi connectivity index (χ3v) is 4.47. The monoisotopic (exact) mass is 316 g/mol. The van der Waals surface area contributed by atoms with Gasteiger partial charge < -0.3 is 5.73 Å². The summed E-state index contributed by atoms with van der Waals surface area (Å²) in [5, 5.41) is 14.7. The lowest BCUT2D eigenvalue weighted by Crippen LogP contribution is -2.06. The summed E-state index contributed by atoms with van der Waals surface area (Å²) in [5.74, 6) is 0.431. The highest BCUT2D eigenvalue weighted by molar-refractivity contribution is 6.01. The second kappa shape index (κ2) is 4.83. The van der Waals surface area contributed by atoms with Crippen LogP contribution in [0.3, 0.4) is 0 Å². The average molecular weight is 316 g/mol. The lowest BCUT2D eigenvalue weighted by molar-refractivity contribution is 0.917. The largest absolute Gasteiger partial charge is 0.384 e. The Morgan fingerprint density at radius 3 is 2.54 bits per heavy atom. The highest BCUT2D eigenvalue weighted by Crippen LogP contribution is 2.35. The van der Waals surface area contributed by atoms with Gasteiger partial charge in [0.15, 0.2) is 5.65 Å². The summed E-state index contributed by atoms with van der Waals surface area (Å²) in [5.41, 5.74) is 12.4. The Morgan fingerprint density at radius 1 is 1.17 bits per heavy atom. The Morgan fingerprint density at radius 2 is 1.88 bits per heavy atom. The number of benzene rings is 1. The fraction of sp³-hybridized carbons (Fsp3) is 0.167. The number of anilines is 1. The number of nitrogens with two attached hydrogens (primary N) is 1. The van der Waals surface area contributed by atoms with E-state index in [1.54, 1.807) is 4.52 Å². The molecule has 0 atom stereocenters. The van der Waals surface area contributed by atoms with Crippen LogP contribution in [0.4, 0.5) is 5.82 Å². The molecule has 6 nitrogen and oxygen atoms in total. The van der Waals surface area contributed by atoms with Gasteiger partial charge in [-0.2, -0.15) is 10.4 Å². The maximum Gasteiger partial charge on any atom is 0.180 e. The van der Waals surface area contributed by atoms with Crippen molar-refractivity contribution >= 4 is 22.4 Å². The first-order valence-corrected chi connectivity index (χ1v) is 7.64. The van der Waals surface area contributed by atoms with E-state index in [4.69, 9.17) is 5.73 Å². The minimum atomic E-state index is 0.431. The number of aryl methyl sites for hydroxylation is 3. The Kier molecular flexibility index (Phi) is 2.87. The van der Waals surface area contributed by atoms with Gasteiger partial charge in [0.05, 0.1) is 5.69 Å². The van der Waals surface area contributed by atoms with E-state index in [9.17, 15) is 5.26 Å². The predicted molar refractivity (Wildman–Crippen MR) is 93.2 cm³/mol. The molecule has 0 aliphatic rings. The molecule has 0 saturated carbocycles. The number of rotatable bonds is 1. The standard InChI is InChI=1S/C18H16N6/c1-10-5-4-6-11(2)15(10)23-16-13(14(8-19)17(23)20)7-12(3)24-18(16)21-9-22-24/h4-7,9H,20H2,1-3H3. The maximum absolute atomic E-state index is 9.64. The van der Waals surface area contributed by atoms with Crippen LogP contribution in [0.15, 0.2) is 30.6 Å². The van der Waals surface area contributed by atoms with E-state index in [1.807, 2.05) is 49.6 Å². The molecule has 0 amide bonds. The molecule has 2 N–H and O–H groups in total. The molecule has 3 aromatic heterocycles. The van der Waals surface area contributed by atoms with Crippen molar-refractivity contribution in [3.8, 4) is 11.8 Å². The minimum absolute atomic E-state index is 0.431. The molecule has 0 aliphatic carbocycles. The molecule has 0 bridgehead atoms. The number of fused-ring (bicyclic) bond motifs is 3. The SMILES string of the molecule is Cc1cccc(C)c1-n1c(N)c(C#N)c2cc(C)n3ncnc3c21. The van der Waals surface area contributed by atoms with Gasteiger partial charge >= 0.3 is 0 Å². The zero-order valence-corrected chi connectivity index (χ0v) is 13.7. The van der Waals surface area contributed by atoms with Crippen LogP contribution >= 0.6 is 0 Å². The highest BCUT2D eigenvalue weighted by atomic mass is 15.3. The molecule has 0 saturated heterocycles. The molecular formula is C18H16N6. The van der Waals surface area contributed by atoms with Crippen LogP contribution in [0.2, 0.25) is 0 Å². The van der Waals surface area contributed by atoms with Crippen molar-refractivity contribution in [2.75, 3.05) is 5.73 Å². The zero-order valence-electron chi connectivity index (χ0n) is 13.7. The van der Waals surface area contributed by atoms with Gasteiger partial charge in [0.1, 0.15) is 29.3 Å². The van der Waals surface area contributed by atoms with Gasteiger partial charge in [-0.05, 0) is 38.0 Å². The van der Waals surface area contributed by atoms with Gasteiger partial charge in [-0.1, -0.05) is 18.2 Å². The number of pyridine rings is 1. The second-order valence-electron chi connectivity index (χ2n) is 5.99. The molecule has 118 valence electrons. The quantitative estimate of drug-likeness (QED) is 0.585. The topological polar surface area (TPSA) is 84.9 Å². The van der Waals surface area contributed by atoms with E-state index in [0.29, 0.717) is 17.0 Å². The Hall–Kier alpha value is -3.33. The summed E-state index contributed by atoms with van der Waals surface area (Å²) in [4.78, 5) is 4.41. The summed E-state index contributed by atoms with van der Waals surface area (Å²) < 4.78 is 3.70. The number of aromatic nitrogens is 4. The van der Waals surface area contributed by atoms with Gasteiger partial charge in [-0.25, -0.2) is 9.50 Å². The first-order valence-electron chi connectivity index (χ1n) is 7.64. The minimum Gasteiger partial charge on any atom is -0.384 e. The Labute approximate surface area is 138 Å². The van der Waals surface area contributed by atoms with Crippen molar-refractivity contribution in [1.29, 1.82) is 5.26 Å². The van der Waals surface area contributed by atoms with Crippen LogP contribution in [0, 0.1) is 32.1 Å². The molecule has 1 aromatic carbocycles. The van der Waals surface area contributed by atoms with Crippen LogP contribution in [-0.4, -0.2) is 19.2 Å². The average Bonchev–Trinajstić information content (AvgIpc) is 3.11.